The molecule has 0 saturated heterocycles. The van der Waals surface area contributed by atoms with Crippen LogP contribution in [0.25, 0.3) is 0 Å². The first-order valence-corrected chi connectivity index (χ1v) is 9.93. The number of halogens is 1. The smallest absolute Gasteiger partial charge is 0.251 e. The molecular formula is C19H24ClN3O2S. The summed E-state index contributed by atoms with van der Waals surface area (Å²) in [6.07, 6.45) is 0. The molecule has 2 aromatic rings. The number of hydrogen-bond donors (Lipinski definition) is 2. The van der Waals surface area contributed by atoms with Crippen LogP contribution in [0.3, 0.4) is 0 Å². The summed E-state index contributed by atoms with van der Waals surface area (Å²) in [4.78, 5) is 26.5. The predicted molar refractivity (Wildman–Crippen MR) is 107 cm³/mol. The fourth-order valence-electron chi connectivity index (χ4n) is 2.75. The first-order valence-electron chi connectivity index (χ1n) is 8.61. The Kier molecular flexibility index (Phi) is 8.09. The molecule has 140 valence electrons. The van der Waals surface area contributed by atoms with Gasteiger partial charge in [-0.1, -0.05) is 31.5 Å². The number of carbonyl (C=O) groups excluding carboxylic acids is 2. The summed E-state index contributed by atoms with van der Waals surface area (Å²) in [7, 11) is 0. The number of benzene rings is 1. The van der Waals surface area contributed by atoms with Gasteiger partial charge in [-0.15, -0.1) is 0 Å². The molecule has 1 aromatic carbocycles. The van der Waals surface area contributed by atoms with Crippen LogP contribution in [0.15, 0.2) is 41.1 Å². The molecule has 0 saturated carbocycles. The summed E-state index contributed by atoms with van der Waals surface area (Å²) in [6, 6.07) is 8.84. The zero-order valence-corrected chi connectivity index (χ0v) is 16.6. The van der Waals surface area contributed by atoms with E-state index in [0.29, 0.717) is 17.1 Å². The number of nitrogens with zero attached hydrogens (tertiary/aromatic N) is 1. The van der Waals surface area contributed by atoms with E-state index in [9.17, 15) is 9.59 Å². The highest BCUT2D eigenvalue weighted by atomic mass is 35.5. The number of thiophene rings is 1. The maximum absolute atomic E-state index is 12.2. The lowest BCUT2D eigenvalue weighted by molar-refractivity contribution is -0.120. The molecule has 2 amide bonds. The number of carbonyl (C=O) groups is 2. The van der Waals surface area contributed by atoms with Crippen LogP contribution >= 0.6 is 22.9 Å². The molecule has 0 fully saturated rings. The molecular weight excluding hydrogens is 370 g/mol. The quantitative estimate of drug-likeness (QED) is 0.686. The first kappa shape index (κ1) is 20.4. The van der Waals surface area contributed by atoms with E-state index in [2.05, 4.69) is 40.8 Å². The molecule has 2 rings (SSSR count). The zero-order chi connectivity index (χ0) is 18.9. The van der Waals surface area contributed by atoms with Crippen molar-refractivity contribution < 1.29 is 9.59 Å². The fourth-order valence-corrected chi connectivity index (χ4v) is 3.65. The van der Waals surface area contributed by atoms with Crippen LogP contribution in [0.1, 0.15) is 35.8 Å². The first-order chi connectivity index (χ1) is 12.5. The van der Waals surface area contributed by atoms with Crippen LogP contribution in [0.2, 0.25) is 5.02 Å². The van der Waals surface area contributed by atoms with E-state index in [1.54, 1.807) is 35.6 Å². The summed E-state index contributed by atoms with van der Waals surface area (Å²) < 4.78 is 0. The third-order valence-corrected chi connectivity index (χ3v) is 5.11. The topological polar surface area (TPSA) is 61.4 Å². The molecule has 0 bridgehead atoms. The second kappa shape index (κ2) is 10.3. The molecule has 1 atom stereocenters. The summed E-state index contributed by atoms with van der Waals surface area (Å²) in [5.74, 6) is -0.534. The Balaban J connectivity index is 1.87. The minimum Gasteiger partial charge on any atom is -0.353 e. The maximum atomic E-state index is 12.2. The number of nitrogens with one attached hydrogen (secondary N) is 2. The maximum Gasteiger partial charge on any atom is 0.251 e. The van der Waals surface area contributed by atoms with Crippen LogP contribution in [0.5, 0.6) is 0 Å². The highest BCUT2D eigenvalue weighted by Crippen LogP contribution is 2.22. The van der Waals surface area contributed by atoms with E-state index in [4.69, 9.17) is 11.6 Å². The van der Waals surface area contributed by atoms with Gasteiger partial charge in [0.2, 0.25) is 5.91 Å². The molecule has 5 nitrogen and oxygen atoms in total. The van der Waals surface area contributed by atoms with E-state index in [1.165, 1.54) is 5.56 Å². The Hall–Kier alpha value is -1.89. The van der Waals surface area contributed by atoms with Crippen molar-refractivity contribution in [1.29, 1.82) is 0 Å². The third-order valence-electron chi connectivity index (χ3n) is 4.17. The van der Waals surface area contributed by atoms with Crippen LogP contribution in [0.4, 0.5) is 0 Å². The largest absolute Gasteiger partial charge is 0.353 e. The standard InChI is InChI=1S/C19H24ClN3O2S/c1-3-23(4-2)17(15-8-9-26-13-15)11-21-18(24)12-22-19(25)14-6-5-7-16(20)10-14/h5-10,13,17H,3-4,11-12H2,1-2H3,(H,21,24)(H,22,25). The molecule has 0 aliphatic rings. The van der Waals surface area contributed by atoms with Crippen molar-refractivity contribution in [2.24, 2.45) is 0 Å². The number of hydrogen-bond acceptors (Lipinski definition) is 4. The van der Waals surface area contributed by atoms with Gasteiger partial charge in [-0.3, -0.25) is 14.5 Å². The lowest BCUT2D eigenvalue weighted by Gasteiger charge is -2.29. The predicted octanol–water partition coefficient (Wildman–Crippen LogP) is 3.33. The van der Waals surface area contributed by atoms with Gasteiger partial charge in [0.05, 0.1) is 12.6 Å². The molecule has 1 heterocycles. The van der Waals surface area contributed by atoms with Gasteiger partial charge in [0.25, 0.3) is 5.91 Å². The van der Waals surface area contributed by atoms with Gasteiger partial charge >= 0.3 is 0 Å². The summed E-state index contributed by atoms with van der Waals surface area (Å²) >= 11 is 7.53. The molecule has 0 aliphatic carbocycles. The number of amides is 2. The lowest BCUT2D eigenvalue weighted by Crippen LogP contribution is -2.42. The van der Waals surface area contributed by atoms with E-state index in [0.717, 1.165) is 13.1 Å². The Morgan fingerprint density at radius 2 is 1.96 bits per heavy atom. The Bertz CT molecular complexity index is 717. The van der Waals surface area contributed by atoms with Crippen molar-refractivity contribution in [3.05, 3.63) is 57.2 Å². The molecule has 26 heavy (non-hydrogen) atoms. The Morgan fingerprint density at radius 3 is 2.58 bits per heavy atom. The second-order valence-electron chi connectivity index (χ2n) is 5.79. The molecule has 1 aromatic heterocycles. The molecule has 0 spiro atoms. The van der Waals surface area contributed by atoms with E-state index in [1.807, 2.05) is 5.38 Å². The highest BCUT2D eigenvalue weighted by Gasteiger charge is 2.19. The van der Waals surface area contributed by atoms with Gasteiger partial charge in [0.15, 0.2) is 0 Å². The normalized spacial score (nSPS) is 12.0. The SMILES string of the molecule is CCN(CC)C(CNC(=O)CNC(=O)c1cccc(Cl)c1)c1ccsc1. The number of rotatable bonds is 9. The van der Waals surface area contributed by atoms with Gasteiger partial charge in [0.1, 0.15) is 0 Å². The molecule has 2 N–H and O–H groups in total. The van der Waals surface area contributed by atoms with Gasteiger partial charge in [0, 0.05) is 17.1 Å². The molecule has 0 radical (unpaired) electrons. The Morgan fingerprint density at radius 1 is 1.19 bits per heavy atom. The molecule has 0 aliphatic heterocycles. The van der Waals surface area contributed by atoms with Crippen molar-refractivity contribution in [3.63, 3.8) is 0 Å². The summed E-state index contributed by atoms with van der Waals surface area (Å²) in [5.41, 5.74) is 1.63. The monoisotopic (exact) mass is 393 g/mol. The van der Waals surface area contributed by atoms with Crippen molar-refractivity contribution in [2.75, 3.05) is 26.2 Å². The van der Waals surface area contributed by atoms with Crippen molar-refractivity contribution in [3.8, 4) is 0 Å². The molecule has 1 unspecified atom stereocenters. The van der Waals surface area contributed by atoms with Crippen molar-refractivity contribution in [1.82, 2.24) is 15.5 Å². The lowest BCUT2D eigenvalue weighted by atomic mass is 10.1. The van der Waals surface area contributed by atoms with Crippen LogP contribution in [-0.2, 0) is 4.79 Å². The van der Waals surface area contributed by atoms with E-state index < -0.39 is 0 Å². The van der Waals surface area contributed by atoms with Gasteiger partial charge in [-0.05, 0) is 53.7 Å². The van der Waals surface area contributed by atoms with E-state index >= 15 is 0 Å². The average Bonchev–Trinajstić information content (AvgIpc) is 3.17. The Labute approximate surface area is 163 Å². The number of likely N-dealkylation sites (N-methyl/N-ethyl adjacent to an activating group) is 1. The van der Waals surface area contributed by atoms with Crippen molar-refractivity contribution >= 4 is 34.8 Å². The minimum absolute atomic E-state index is 0.0695. The van der Waals surface area contributed by atoms with Crippen LogP contribution in [0, 0.1) is 0 Å². The third kappa shape index (κ3) is 5.83. The van der Waals surface area contributed by atoms with E-state index in [-0.39, 0.29) is 24.4 Å². The zero-order valence-electron chi connectivity index (χ0n) is 15.0. The van der Waals surface area contributed by atoms with Crippen LogP contribution in [-0.4, -0.2) is 42.9 Å². The van der Waals surface area contributed by atoms with Crippen molar-refractivity contribution in [2.45, 2.75) is 19.9 Å². The summed E-state index contributed by atoms with van der Waals surface area (Å²) in [6.45, 7) is 6.45. The average molecular weight is 394 g/mol. The summed E-state index contributed by atoms with van der Waals surface area (Å²) in [5, 5.41) is 10.2. The van der Waals surface area contributed by atoms with Gasteiger partial charge in [-0.25, -0.2) is 0 Å². The fraction of sp³-hybridized carbons (Fsp3) is 0.368. The highest BCUT2D eigenvalue weighted by molar-refractivity contribution is 7.07. The second-order valence-corrected chi connectivity index (χ2v) is 7.01. The van der Waals surface area contributed by atoms with Gasteiger partial charge in [-0.2, -0.15) is 11.3 Å². The minimum atomic E-state index is -0.319. The van der Waals surface area contributed by atoms with Crippen LogP contribution < -0.4 is 10.6 Å². The van der Waals surface area contributed by atoms with Gasteiger partial charge < -0.3 is 10.6 Å². The molecule has 7 heteroatoms.